The molecule has 2 amide bonds. The maximum Gasteiger partial charge on any atom is 0.272 e. The minimum absolute atomic E-state index is 0.0421. The molecule has 1 aromatic heterocycles. The highest BCUT2D eigenvalue weighted by molar-refractivity contribution is 6.04. The molecule has 3 heterocycles. The molecule has 1 saturated carbocycles. The predicted octanol–water partition coefficient (Wildman–Crippen LogP) is 1.05. The van der Waals surface area contributed by atoms with Crippen molar-refractivity contribution in [1.82, 2.24) is 20.4 Å². The van der Waals surface area contributed by atoms with E-state index in [2.05, 4.69) is 15.5 Å². The highest BCUT2D eigenvalue weighted by Crippen LogP contribution is 2.35. The maximum absolute atomic E-state index is 12.8. The zero-order valence-electron chi connectivity index (χ0n) is 14.0. The molecule has 1 aromatic carbocycles. The lowest BCUT2D eigenvalue weighted by molar-refractivity contribution is -0.137. The van der Waals surface area contributed by atoms with Gasteiger partial charge in [0.1, 0.15) is 0 Å². The number of aromatic nitrogens is 2. The average molecular weight is 340 g/mol. The van der Waals surface area contributed by atoms with Crippen LogP contribution in [0.1, 0.15) is 36.7 Å². The molecule has 2 aromatic rings. The Balaban J connectivity index is 1.62. The smallest absolute Gasteiger partial charge is 0.272 e. The average Bonchev–Trinajstić information content (AvgIpc) is 2.62. The van der Waals surface area contributed by atoms with Crippen LogP contribution >= 0.6 is 0 Å². The normalized spacial score (nSPS) is 25.2. The Morgan fingerprint density at radius 3 is 2.72 bits per heavy atom. The molecule has 130 valence electrons. The number of fused-ring (bicyclic) bond motifs is 4. The van der Waals surface area contributed by atoms with Crippen LogP contribution in [0.2, 0.25) is 0 Å². The number of carbonyl (C=O) groups is 2. The lowest BCUT2D eigenvalue weighted by Crippen LogP contribution is -2.62. The number of amides is 2. The fourth-order valence-corrected chi connectivity index (χ4v) is 4.24. The van der Waals surface area contributed by atoms with Crippen molar-refractivity contribution in [2.24, 2.45) is 5.92 Å². The third-order valence-corrected chi connectivity index (χ3v) is 5.41. The first-order valence-corrected chi connectivity index (χ1v) is 8.60. The Hall–Kier alpha value is -2.70. The minimum Gasteiger partial charge on any atom is -0.346 e. The molecule has 2 bridgehead atoms. The van der Waals surface area contributed by atoms with Crippen molar-refractivity contribution >= 4 is 22.6 Å². The molecule has 7 heteroatoms. The maximum atomic E-state index is 12.8. The number of nitrogens with zero attached hydrogens (tertiary/aromatic N) is 2. The number of H-pyrrole nitrogens is 1. The van der Waals surface area contributed by atoms with Crippen molar-refractivity contribution in [1.29, 1.82) is 0 Å². The summed E-state index contributed by atoms with van der Waals surface area (Å²) in [5, 5.41) is 10.4. The molecular weight excluding hydrogens is 320 g/mol. The number of aromatic amines is 1. The van der Waals surface area contributed by atoms with Gasteiger partial charge in [-0.15, -0.1) is 0 Å². The first-order valence-electron chi connectivity index (χ1n) is 8.60. The Bertz CT molecular complexity index is 907. The quantitative estimate of drug-likeness (QED) is 0.854. The van der Waals surface area contributed by atoms with E-state index < -0.39 is 0 Å². The second-order valence-corrected chi connectivity index (χ2v) is 6.94. The fourth-order valence-electron chi connectivity index (χ4n) is 4.24. The summed E-state index contributed by atoms with van der Waals surface area (Å²) in [5.41, 5.74) is -0.0994. The van der Waals surface area contributed by atoms with Crippen molar-refractivity contribution in [3.8, 4) is 0 Å². The summed E-state index contributed by atoms with van der Waals surface area (Å²) in [6.07, 6.45) is 2.89. The van der Waals surface area contributed by atoms with Gasteiger partial charge >= 0.3 is 0 Å². The second kappa shape index (κ2) is 5.98. The van der Waals surface area contributed by atoms with Crippen molar-refractivity contribution < 1.29 is 9.59 Å². The van der Waals surface area contributed by atoms with Crippen molar-refractivity contribution in [3.63, 3.8) is 0 Å². The summed E-state index contributed by atoms with van der Waals surface area (Å²) >= 11 is 0. The zero-order valence-corrected chi connectivity index (χ0v) is 14.0. The molecule has 25 heavy (non-hydrogen) atoms. The van der Waals surface area contributed by atoms with Crippen molar-refractivity contribution in [2.75, 3.05) is 6.54 Å². The number of hydrogen-bond donors (Lipinski definition) is 2. The first-order chi connectivity index (χ1) is 12.0. The van der Waals surface area contributed by atoms with Gasteiger partial charge in [-0.3, -0.25) is 14.4 Å². The van der Waals surface area contributed by atoms with E-state index in [0.717, 1.165) is 25.8 Å². The van der Waals surface area contributed by atoms with Gasteiger partial charge in [0.2, 0.25) is 5.91 Å². The van der Waals surface area contributed by atoms with Gasteiger partial charge in [-0.05, 0) is 31.2 Å². The van der Waals surface area contributed by atoms with E-state index in [4.69, 9.17) is 0 Å². The lowest BCUT2D eigenvalue weighted by atomic mass is 9.76. The van der Waals surface area contributed by atoms with Crippen LogP contribution < -0.4 is 10.9 Å². The second-order valence-electron chi connectivity index (χ2n) is 6.94. The Morgan fingerprint density at radius 2 is 2.00 bits per heavy atom. The molecular formula is C18H20N4O3. The van der Waals surface area contributed by atoms with E-state index >= 15 is 0 Å². The van der Waals surface area contributed by atoms with Crippen LogP contribution in [0, 0.1) is 5.92 Å². The van der Waals surface area contributed by atoms with Gasteiger partial charge in [0.25, 0.3) is 11.5 Å². The van der Waals surface area contributed by atoms with Crippen LogP contribution in [-0.4, -0.2) is 45.5 Å². The summed E-state index contributed by atoms with van der Waals surface area (Å²) in [6.45, 7) is 2.36. The van der Waals surface area contributed by atoms with E-state index in [1.807, 2.05) is 4.90 Å². The highest BCUT2D eigenvalue weighted by Gasteiger charge is 2.42. The number of nitrogens with one attached hydrogen (secondary N) is 2. The number of benzene rings is 1. The van der Waals surface area contributed by atoms with E-state index in [1.165, 1.54) is 0 Å². The van der Waals surface area contributed by atoms with Crippen LogP contribution in [-0.2, 0) is 4.79 Å². The first kappa shape index (κ1) is 15.8. The summed E-state index contributed by atoms with van der Waals surface area (Å²) in [4.78, 5) is 38.4. The molecule has 3 unspecified atom stereocenters. The SMILES string of the molecule is CC(=O)N1CC2CCC1C(NC(=O)c1n[nH]c(=O)c3ccccc13)C2. The lowest BCUT2D eigenvalue weighted by Gasteiger charge is -2.49. The number of piperidine rings is 2. The van der Waals surface area contributed by atoms with Crippen LogP contribution in [0.3, 0.4) is 0 Å². The Morgan fingerprint density at radius 1 is 1.24 bits per heavy atom. The summed E-state index contributed by atoms with van der Waals surface area (Å²) < 4.78 is 0. The van der Waals surface area contributed by atoms with Gasteiger partial charge < -0.3 is 10.2 Å². The van der Waals surface area contributed by atoms with Gasteiger partial charge in [0.05, 0.1) is 11.4 Å². The molecule has 0 radical (unpaired) electrons. The van der Waals surface area contributed by atoms with Crippen LogP contribution in [0.25, 0.3) is 10.8 Å². The molecule has 1 aliphatic carbocycles. The monoisotopic (exact) mass is 340 g/mol. The summed E-state index contributed by atoms with van der Waals surface area (Å²) in [6, 6.07) is 6.90. The molecule has 0 spiro atoms. The molecule has 7 nitrogen and oxygen atoms in total. The van der Waals surface area contributed by atoms with E-state index in [0.29, 0.717) is 16.7 Å². The Labute approximate surface area is 144 Å². The molecule has 3 fully saturated rings. The predicted molar refractivity (Wildman–Crippen MR) is 92.1 cm³/mol. The largest absolute Gasteiger partial charge is 0.346 e. The number of rotatable bonds is 2. The molecule has 3 aliphatic rings. The Kier molecular flexibility index (Phi) is 3.78. The highest BCUT2D eigenvalue weighted by atomic mass is 16.2. The zero-order chi connectivity index (χ0) is 17.6. The van der Waals surface area contributed by atoms with Crippen molar-refractivity contribution in [2.45, 2.75) is 38.3 Å². The van der Waals surface area contributed by atoms with E-state index in [9.17, 15) is 14.4 Å². The van der Waals surface area contributed by atoms with Crippen LogP contribution in [0.5, 0.6) is 0 Å². The summed E-state index contributed by atoms with van der Waals surface area (Å²) in [7, 11) is 0. The molecule has 2 N–H and O–H groups in total. The fraction of sp³-hybridized carbons (Fsp3) is 0.444. The van der Waals surface area contributed by atoms with E-state index in [-0.39, 0.29) is 35.2 Å². The van der Waals surface area contributed by atoms with Gasteiger partial charge in [0.15, 0.2) is 5.69 Å². The molecule has 2 aliphatic heterocycles. The minimum atomic E-state index is -0.313. The summed E-state index contributed by atoms with van der Waals surface area (Å²) in [5.74, 6) is 0.175. The number of carbonyl (C=O) groups excluding carboxylic acids is 2. The van der Waals surface area contributed by atoms with Gasteiger partial charge in [-0.2, -0.15) is 5.10 Å². The topological polar surface area (TPSA) is 95.2 Å². The standard InChI is InChI=1S/C18H20N4O3/c1-10(23)22-9-11-6-7-15(22)14(8-11)19-18(25)16-12-4-2-3-5-13(12)17(24)21-20-16/h2-5,11,14-15H,6-9H2,1H3,(H,19,25)(H,21,24). The number of hydrogen-bond acceptors (Lipinski definition) is 4. The van der Waals surface area contributed by atoms with Gasteiger partial charge in [-0.25, -0.2) is 5.10 Å². The molecule has 3 atom stereocenters. The third kappa shape index (κ3) is 2.69. The molecule has 2 saturated heterocycles. The van der Waals surface area contributed by atoms with E-state index in [1.54, 1.807) is 31.2 Å². The van der Waals surface area contributed by atoms with Gasteiger partial charge in [0, 0.05) is 24.9 Å². The van der Waals surface area contributed by atoms with Crippen LogP contribution in [0.4, 0.5) is 0 Å². The molecule has 5 rings (SSSR count). The van der Waals surface area contributed by atoms with Gasteiger partial charge in [-0.1, -0.05) is 18.2 Å². The third-order valence-electron chi connectivity index (χ3n) is 5.41. The van der Waals surface area contributed by atoms with Crippen molar-refractivity contribution in [3.05, 3.63) is 40.3 Å². The van der Waals surface area contributed by atoms with Crippen LogP contribution in [0.15, 0.2) is 29.1 Å².